The summed E-state index contributed by atoms with van der Waals surface area (Å²) in [7, 11) is -8.56. The fourth-order valence-corrected chi connectivity index (χ4v) is 8.01. The van der Waals surface area contributed by atoms with Gasteiger partial charge in [0.05, 0.1) is 5.54 Å². The molecule has 5 rings (SSSR count). The monoisotopic (exact) mass is 650 g/mol. The average molecular weight is 651 g/mol. The van der Waals surface area contributed by atoms with E-state index in [1.165, 1.54) is 36.4 Å². The van der Waals surface area contributed by atoms with Crippen molar-refractivity contribution in [1.82, 2.24) is 5.32 Å². The van der Waals surface area contributed by atoms with Gasteiger partial charge in [0.2, 0.25) is 0 Å². The standard InChI is InChI=1S/C33H34N2O6S3/c1-23-11-16-27(17-12-23)43(36,37)40-26-15-20-29(30(21-26)41-44(38,39)28-18-13-24(2)14-19-28)33(5)22-32(3,4)34-31(42)35(33)25-9-7-6-8-10-25/h6-21H,22H2,1-5H3,(H,34,42). The molecule has 0 amide bonds. The van der Waals surface area contributed by atoms with Crippen LogP contribution >= 0.6 is 12.2 Å². The van der Waals surface area contributed by atoms with Gasteiger partial charge in [0.1, 0.15) is 15.5 Å². The van der Waals surface area contributed by atoms with Gasteiger partial charge >= 0.3 is 20.2 Å². The molecule has 1 heterocycles. The van der Waals surface area contributed by atoms with Crippen LogP contribution in [0.15, 0.2) is 107 Å². The van der Waals surface area contributed by atoms with Crippen molar-refractivity contribution in [3.63, 3.8) is 0 Å². The predicted octanol–water partition coefficient (Wildman–Crippen LogP) is 6.62. The van der Waals surface area contributed by atoms with Crippen LogP contribution in [0.5, 0.6) is 11.5 Å². The summed E-state index contributed by atoms with van der Waals surface area (Å²) >= 11 is 5.86. The van der Waals surface area contributed by atoms with Crippen LogP contribution in [0, 0.1) is 13.8 Å². The molecule has 8 nitrogen and oxygen atoms in total. The highest BCUT2D eigenvalue weighted by molar-refractivity contribution is 7.87. The summed E-state index contributed by atoms with van der Waals surface area (Å²) in [6.07, 6.45) is 0.484. The summed E-state index contributed by atoms with van der Waals surface area (Å²) in [6.45, 7) is 9.68. The molecule has 1 aliphatic rings. The Morgan fingerprint density at radius 1 is 0.727 bits per heavy atom. The van der Waals surface area contributed by atoms with Gasteiger partial charge in [-0.15, -0.1) is 0 Å². The molecular formula is C33H34N2O6S3. The molecule has 11 heteroatoms. The molecule has 0 aromatic heterocycles. The highest BCUT2D eigenvalue weighted by Crippen LogP contribution is 2.47. The number of rotatable bonds is 8. The van der Waals surface area contributed by atoms with E-state index in [2.05, 4.69) is 5.32 Å². The Balaban J connectivity index is 1.67. The van der Waals surface area contributed by atoms with Crippen LogP contribution in [0.1, 0.15) is 43.9 Å². The van der Waals surface area contributed by atoms with Crippen LogP contribution in [-0.4, -0.2) is 27.5 Å². The van der Waals surface area contributed by atoms with Crippen molar-refractivity contribution < 1.29 is 25.2 Å². The summed E-state index contributed by atoms with van der Waals surface area (Å²) in [6, 6.07) is 26.5. The maximum absolute atomic E-state index is 13.6. The third kappa shape index (κ3) is 6.45. The van der Waals surface area contributed by atoms with E-state index >= 15 is 0 Å². The van der Waals surface area contributed by atoms with Crippen molar-refractivity contribution in [3.8, 4) is 11.5 Å². The Labute approximate surface area is 264 Å². The number of hydrogen-bond donors (Lipinski definition) is 1. The lowest BCUT2D eigenvalue weighted by Crippen LogP contribution is -2.65. The Bertz CT molecular complexity index is 1910. The van der Waals surface area contributed by atoms with E-state index in [0.29, 0.717) is 17.1 Å². The molecule has 1 saturated heterocycles. The van der Waals surface area contributed by atoms with Crippen LogP contribution in [0.2, 0.25) is 0 Å². The fraction of sp³-hybridized carbons (Fsp3) is 0.242. The van der Waals surface area contributed by atoms with Crippen molar-refractivity contribution >= 4 is 43.3 Å². The van der Waals surface area contributed by atoms with Crippen molar-refractivity contribution in [2.45, 2.75) is 61.9 Å². The smallest absolute Gasteiger partial charge is 0.339 e. The van der Waals surface area contributed by atoms with Gasteiger partial charge in [0.15, 0.2) is 10.9 Å². The van der Waals surface area contributed by atoms with Crippen molar-refractivity contribution in [2.75, 3.05) is 4.90 Å². The molecule has 4 aromatic carbocycles. The van der Waals surface area contributed by atoms with Crippen molar-refractivity contribution in [2.24, 2.45) is 0 Å². The van der Waals surface area contributed by atoms with Gasteiger partial charge in [-0.3, -0.25) is 0 Å². The zero-order valence-corrected chi connectivity index (χ0v) is 27.5. The highest BCUT2D eigenvalue weighted by atomic mass is 32.2. The molecule has 0 spiro atoms. The van der Waals surface area contributed by atoms with Crippen molar-refractivity contribution in [1.29, 1.82) is 0 Å². The lowest BCUT2D eigenvalue weighted by atomic mass is 9.76. The number of thiocarbonyl (C=S) groups is 1. The second-order valence-electron chi connectivity index (χ2n) is 11.8. The van der Waals surface area contributed by atoms with E-state index in [9.17, 15) is 16.8 Å². The molecule has 0 saturated carbocycles. The molecule has 44 heavy (non-hydrogen) atoms. The van der Waals surface area contributed by atoms with Gasteiger partial charge < -0.3 is 18.6 Å². The maximum atomic E-state index is 13.6. The van der Waals surface area contributed by atoms with Crippen LogP contribution < -0.4 is 18.6 Å². The zero-order chi connectivity index (χ0) is 31.9. The number of nitrogens with one attached hydrogen (secondary N) is 1. The Morgan fingerprint density at radius 2 is 1.25 bits per heavy atom. The van der Waals surface area contributed by atoms with E-state index in [0.717, 1.165) is 16.8 Å². The van der Waals surface area contributed by atoms with E-state index in [1.807, 2.05) is 69.9 Å². The summed E-state index contributed by atoms with van der Waals surface area (Å²) in [5.74, 6) is -0.180. The largest absolute Gasteiger partial charge is 0.379 e. The van der Waals surface area contributed by atoms with Gasteiger partial charge in [-0.1, -0.05) is 53.6 Å². The molecule has 1 atom stereocenters. The fourth-order valence-electron chi connectivity index (χ4n) is 5.57. The second kappa shape index (κ2) is 11.5. The van der Waals surface area contributed by atoms with E-state index in [4.69, 9.17) is 20.6 Å². The lowest BCUT2D eigenvalue weighted by Gasteiger charge is -2.53. The number of nitrogens with zero attached hydrogens (tertiary/aromatic N) is 1. The normalized spacial score (nSPS) is 18.4. The molecule has 0 bridgehead atoms. The van der Waals surface area contributed by atoms with Crippen LogP contribution in [0.3, 0.4) is 0 Å². The second-order valence-corrected chi connectivity index (χ2v) is 15.3. The average Bonchev–Trinajstić information content (AvgIpc) is 2.92. The minimum atomic E-state index is -4.33. The van der Waals surface area contributed by atoms with E-state index in [1.54, 1.807) is 30.3 Å². The zero-order valence-electron chi connectivity index (χ0n) is 25.1. The maximum Gasteiger partial charge on any atom is 0.339 e. The quantitative estimate of drug-likeness (QED) is 0.167. The third-order valence-corrected chi connectivity index (χ3v) is 10.3. The number of hydrogen-bond acceptors (Lipinski definition) is 7. The van der Waals surface area contributed by atoms with Gasteiger partial charge in [-0.2, -0.15) is 16.8 Å². The van der Waals surface area contributed by atoms with Crippen molar-refractivity contribution in [3.05, 3.63) is 114 Å². The molecule has 230 valence electrons. The molecule has 1 aliphatic heterocycles. The summed E-state index contributed by atoms with van der Waals surface area (Å²) in [5.41, 5.74) is 1.64. The highest BCUT2D eigenvalue weighted by Gasteiger charge is 2.48. The molecule has 0 aliphatic carbocycles. The van der Waals surface area contributed by atoms with Gasteiger partial charge in [0, 0.05) is 22.9 Å². The summed E-state index contributed by atoms with van der Waals surface area (Å²) in [4.78, 5) is 1.85. The van der Waals surface area contributed by atoms with Gasteiger partial charge in [-0.05, 0) is 102 Å². The summed E-state index contributed by atoms with van der Waals surface area (Å²) in [5, 5.41) is 3.84. The summed E-state index contributed by atoms with van der Waals surface area (Å²) < 4.78 is 64.9. The Hall–Kier alpha value is -3.93. The third-order valence-electron chi connectivity index (χ3n) is 7.50. The van der Waals surface area contributed by atoms with Crippen LogP contribution in [0.4, 0.5) is 5.69 Å². The van der Waals surface area contributed by atoms with Crippen LogP contribution in [0.25, 0.3) is 0 Å². The minimum absolute atomic E-state index is 0.0328. The Kier molecular flexibility index (Phi) is 8.25. The minimum Gasteiger partial charge on any atom is -0.379 e. The van der Waals surface area contributed by atoms with E-state index in [-0.39, 0.29) is 21.3 Å². The van der Waals surface area contributed by atoms with E-state index < -0.39 is 31.3 Å². The Morgan fingerprint density at radius 3 is 1.80 bits per heavy atom. The number of aryl methyl sites for hydroxylation is 2. The number of anilines is 1. The first-order valence-corrected chi connectivity index (χ1v) is 17.2. The lowest BCUT2D eigenvalue weighted by molar-refractivity contribution is 0.278. The van der Waals surface area contributed by atoms with Gasteiger partial charge in [-0.25, -0.2) is 0 Å². The molecule has 0 radical (unpaired) electrons. The number of benzene rings is 4. The van der Waals surface area contributed by atoms with Crippen LogP contribution in [-0.2, 0) is 25.8 Å². The molecular weight excluding hydrogens is 617 g/mol. The SMILES string of the molecule is Cc1ccc(S(=O)(=O)Oc2ccc(C3(C)CC(C)(C)NC(=S)N3c3ccccc3)c(OS(=O)(=O)c3ccc(C)cc3)c2)cc1. The number of para-hydroxylation sites is 1. The molecule has 4 aromatic rings. The predicted molar refractivity (Wildman–Crippen MR) is 175 cm³/mol. The molecule has 1 N–H and O–H groups in total. The first kappa shape index (κ1) is 31.5. The van der Waals surface area contributed by atoms with Gasteiger partial charge in [0.25, 0.3) is 0 Å². The first-order valence-electron chi connectivity index (χ1n) is 13.9. The topological polar surface area (TPSA) is 102 Å². The first-order chi connectivity index (χ1) is 20.6. The molecule has 1 unspecified atom stereocenters. The molecule has 1 fully saturated rings.